The summed E-state index contributed by atoms with van der Waals surface area (Å²) in [5.41, 5.74) is 2.64. The first-order valence-electron chi connectivity index (χ1n) is 7.31. The largest absolute Gasteiger partial charge is 0.361 e. The van der Waals surface area contributed by atoms with Crippen molar-refractivity contribution in [3.05, 3.63) is 66.2 Å². The minimum absolute atomic E-state index is 0.345. The summed E-state index contributed by atoms with van der Waals surface area (Å²) in [7, 11) is 0. The Balaban J connectivity index is 1.70. The first-order chi connectivity index (χ1) is 11.7. The van der Waals surface area contributed by atoms with Crippen molar-refractivity contribution >= 4 is 0 Å². The fraction of sp³-hybridized carbons (Fsp3) is 0.125. The van der Waals surface area contributed by atoms with E-state index in [1.165, 1.54) is 12.1 Å². The molecule has 3 aromatic heterocycles. The van der Waals surface area contributed by atoms with Crippen LogP contribution in [0, 0.1) is 12.7 Å². The maximum atomic E-state index is 13.7. The van der Waals surface area contributed by atoms with Gasteiger partial charge in [0.2, 0.25) is 0 Å². The maximum Gasteiger partial charge on any atom is 0.133 e. The average molecular weight is 324 g/mol. The molecular weight excluding hydrogens is 311 g/mol. The third kappa shape index (κ3) is 2.69. The van der Waals surface area contributed by atoms with Gasteiger partial charge in [-0.1, -0.05) is 10.4 Å². The molecule has 0 aliphatic rings. The Kier molecular flexibility index (Phi) is 3.42. The topological polar surface area (TPSA) is 74.6 Å². The molecule has 0 fully saturated rings. The summed E-state index contributed by atoms with van der Waals surface area (Å²) < 4.78 is 22.1. The molecule has 120 valence electrons. The zero-order valence-corrected chi connectivity index (χ0v) is 12.8. The predicted octanol–water partition coefficient (Wildman–Crippen LogP) is 2.61. The normalized spacial score (nSPS) is 11.1. The van der Waals surface area contributed by atoms with Crippen molar-refractivity contribution in [3.63, 3.8) is 0 Å². The van der Waals surface area contributed by atoms with Crippen molar-refractivity contribution in [1.82, 2.24) is 29.9 Å². The van der Waals surface area contributed by atoms with E-state index < -0.39 is 0 Å². The Bertz CT molecular complexity index is 972. The van der Waals surface area contributed by atoms with E-state index in [0.717, 1.165) is 17.1 Å². The Hall–Kier alpha value is -3.29. The molecule has 0 unspecified atom stereocenters. The third-order valence-electron chi connectivity index (χ3n) is 3.53. The van der Waals surface area contributed by atoms with Gasteiger partial charge in [-0.3, -0.25) is 0 Å². The summed E-state index contributed by atoms with van der Waals surface area (Å²) in [6, 6.07) is 8.11. The molecule has 0 amide bonds. The first kappa shape index (κ1) is 14.3. The molecular formula is C16H13FN6O. The van der Waals surface area contributed by atoms with Crippen molar-refractivity contribution in [2.24, 2.45) is 0 Å². The van der Waals surface area contributed by atoms with Gasteiger partial charge in [0.1, 0.15) is 23.0 Å². The monoisotopic (exact) mass is 324 g/mol. The van der Waals surface area contributed by atoms with Crippen molar-refractivity contribution in [3.8, 4) is 16.9 Å². The van der Waals surface area contributed by atoms with E-state index in [2.05, 4.69) is 20.6 Å². The summed E-state index contributed by atoms with van der Waals surface area (Å²) in [5, 5.41) is 16.4. The van der Waals surface area contributed by atoms with Crippen molar-refractivity contribution < 1.29 is 8.91 Å². The first-order valence-corrected chi connectivity index (χ1v) is 7.31. The zero-order chi connectivity index (χ0) is 16.5. The molecule has 3 heterocycles. The van der Waals surface area contributed by atoms with Crippen molar-refractivity contribution in [2.75, 3.05) is 0 Å². The minimum atomic E-state index is -0.345. The van der Waals surface area contributed by atoms with Gasteiger partial charge in [0.05, 0.1) is 18.4 Å². The third-order valence-corrected chi connectivity index (χ3v) is 3.53. The van der Waals surface area contributed by atoms with Crippen LogP contribution in [0.2, 0.25) is 0 Å². The number of aromatic nitrogens is 6. The van der Waals surface area contributed by atoms with Crippen LogP contribution in [0.4, 0.5) is 4.39 Å². The van der Waals surface area contributed by atoms with Crippen LogP contribution in [0.25, 0.3) is 16.9 Å². The average Bonchev–Trinajstić information content (AvgIpc) is 3.30. The Morgan fingerprint density at radius 1 is 1.25 bits per heavy atom. The highest BCUT2D eigenvalue weighted by Crippen LogP contribution is 2.25. The van der Waals surface area contributed by atoms with E-state index in [1.54, 1.807) is 40.1 Å². The summed E-state index contributed by atoms with van der Waals surface area (Å²) in [4.78, 5) is 0. The highest BCUT2D eigenvalue weighted by atomic mass is 19.1. The molecule has 0 atom stereocenters. The maximum absolute atomic E-state index is 13.7. The summed E-state index contributed by atoms with van der Waals surface area (Å²) in [6.45, 7) is 2.25. The SMILES string of the molecule is Cc1cc(Cn2cc(-c3cc(F)ccc3-n3cccn3)nn2)no1. The van der Waals surface area contributed by atoms with E-state index in [4.69, 9.17) is 4.52 Å². The predicted molar refractivity (Wildman–Crippen MR) is 82.9 cm³/mol. The highest BCUT2D eigenvalue weighted by molar-refractivity contribution is 5.69. The second kappa shape index (κ2) is 5.73. The quantitative estimate of drug-likeness (QED) is 0.577. The molecule has 0 aliphatic carbocycles. The lowest BCUT2D eigenvalue weighted by Gasteiger charge is -2.07. The van der Waals surface area contributed by atoms with Crippen LogP contribution in [-0.2, 0) is 6.54 Å². The van der Waals surface area contributed by atoms with Crippen LogP contribution < -0.4 is 0 Å². The Morgan fingerprint density at radius 2 is 2.17 bits per heavy atom. The van der Waals surface area contributed by atoms with Crippen LogP contribution in [0.1, 0.15) is 11.5 Å². The van der Waals surface area contributed by atoms with Crippen molar-refractivity contribution in [1.29, 1.82) is 0 Å². The molecule has 1 aromatic carbocycles. The number of rotatable bonds is 4. The minimum Gasteiger partial charge on any atom is -0.361 e. The molecule has 24 heavy (non-hydrogen) atoms. The number of hydrogen-bond acceptors (Lipinski definition) is 5. The van der Waals surface area contributed by atoms with Crippen LogP contribution in [0.3, 0.4) is 0 Å². The molecule has 8 heteroatoms. The van der Waals surface area contributed by atoms with Crippen LogP contribution in [-0.4, -0.2) is 29.9 Å². The van der Waals surface area contributed by atoms with Gasteiger partial charge in [-0.25, -0.2) is 13.8 Å². The van der Waals surface area contributed by atoms with E-state index >= 15 is 0 Å². The van der Waals surface area contributed by atoms with Gasteiger partial charge in [0.25, 0.3) is 0 Å². The molecule has 7 nitrogen and oxygen atoms in total. The van der Waals surface area contributed by atoms with Gasteiger partial charge >= 0.3 is 0 Å². The smallest absolute Gasteiger partial charge is 0.133 e. The molecule has 0 saturated carbocycles. The fourth-order valence-electron chi connectivity index (χ4n) is 2.48. The lowest BCUT2D eigenvalue weighted by Crippen LogP contribution is -2.00. The summed E-state index contributed by atoms with van der Waals surface area (Å²) in [5.74, 6) is 0.388. The molecule has 0 aliphatic heterocycles. The van der Waals surface area contributed by atoms with Gasteiger partial charge in [0.15, 0.2) is 0 Å². The van der Waals surface area contributed by atoms with Gasteiger partial charge in [-0.15, -0.1) is 5.10 Å². The number of halogens is 1. The van der Waals surface area contributed by atoms with E-state index in [1.807, 2.05) is 13.0 Å². The van der Waals surface area contributed by atoms with E-state index in [0.29, 0.717) is 17.8 Å². The van der Waals surface area contributed by atoms with Gasteiger partial charge in [-0.2, -0.15) is 5.10 Å². The van der Waals surface area contributed by atoms with Gasteiger partial charge in [-0.05, 0) is 31.2 Å². The standard InChI is InChI=1S/C16H13FN6O/c1-11-7-13(20-24-11)9-22-10-15(19-21-22)14-8-12(17)3-4-16(14)23-6-2-5-18-23/h2-8,10H,9H2,1H3. The molecule has 4 aromatic rings. The Morgan fingerprint density at radius 3 is 2.92 bits per heavy atom. The molecule has 0 bridgehead atoms. The van der Waals surface area contributed by atoms with Gasteiger partial charge < -0.3 is 4.52 Å². The number of aryl methyl sites for hydroxylation is 1. The lowest BCUT2D eigenvalue weighted by atomic mass is 10.1. The molecule has 0 saturated heterocycles. The second-order valence-electron chi connectivity index (χ2n) is 5.34. The van der Waals surface area contributed by atoms with Crippen LogP contribution in [0.15, 0.2) is 53.4 Å². The van der Waals surface area contributed by atoms with E-state index in [-0.39, 0.29) is 5.82 Å². The Labute approximate surface area is 136 Å². The zero-order valence-electron chi connectivity index (χ0n) is 12.8. The van der Waals surface area contributed by atoms with Crippen LogP contribution >= 0.6 is 0 Å². The second-order valence-corrected chi connectivity index (χ2v) is 5.34. The summed E-state index contributed by atoms with van der Waals surface area (Å²) in [6.07, 6.45) is 5.20. The molecule has 4 rings (SSSR count). The van der Waals surface area contributed by atoms with E-state index in [9.17, 15) is 4.39 Å². The fourth-order valence-corrected chi connectivity index (χ4v) is 2.48. The highest BCUT2D eigenvalue weighted by Gasteiger charge is 2.13. The molecule has 0 N–H and O–H groups in total. The summed E-state index contributed by atoms with van der Waals surface area (Å²) >= 11 is 0. The number of hydrogen-bond donors (Lipinski definition) is 0. The molecule has 0 spiro atoms. The number of nitrogens with zero attached hydrogens (tertiary/aromatic N) is 6. The van der Waals surface area contributed by atoms with Gasteiger partial charge in [0, 0.05) is 24.0 Å². The lowest BCUT2D eigenvalue weighted by molar-refractivity contribution is 0.387. The van der Waals surface area contributed by atoms with Crippen LogP contribution in [0.5, 0.6) is 0 Å². The number of benzene rings is 1. The van der Waals surface area contributed by atoms with Crippen molar-refractivity contribution in [2.45, 2.75) is 13.5 Å². The molecule has 0 radical (unpaired) electrons.